The van der Waals surface area contributed by atoms with E-state index in [1.165, 1.54) is 11.8 Å². The fourth-order valence-corrected chi connectivity index (χ4v) is 6.81. The van der Waals surface area contributed by atoms with E-state index in [-0.39, 0.29) is 16.2 Å². The standard InChI is InChI=1S/C24H31ClN8OS2/c1-15-11-16-21(31-36(34)23(2,3)4)24(14-33(16)30-15)6-9-32(10-7-24)18-12-29-19(13-28-18)35-17-5-8-27-22(26)20(17)25/h5,8,11-13,21,31H,6-7,9-10,14H2,1-4H3,(H2,26,27)/t21-,36-/m1/s1. The van der Waals surface area contributed by atoms with E-state index in [1.807, 2.05) is 40.0 Å². The molecule has 0 amide bonds. The highest BCUT2D eigenvalue weighted by molar-refractivity contribution is 7.99. The van der Waals surface area contributed by atoms with Crippen molar-refractivity contribution in [3.63, 3.8) is 0 Å². The Balaban J connectivity index is 1.29. The molecule has 2 aliphatic rings. The van der Waals surface area contributed by atoms with Crippen molar-refractivity contribution in [3.05, 3.63) is 47.1 Å². The molecular formula is C24H31ClN8OS2. The second-order valence-corrected chi connectivity index (χ2v) is 13.9. The van der Waals surface area contributed by atoms with Gasteiger partial charge in [-0.25, -0.2) is 23.9 Å². The molecule has 1 fully saturated rings. The smallest absolute Gasteiger partial charge is 0.147 e. The van der Waals surface area contributed by atoms with Crippen LogP contribution in [-0.4, -0.2) is 46.8 Å². The molecule has 0 bridgehead atoms. The molecule has 3 N–H and O–H groups in total. The molecule has 0 saturated carbocycles. The zero-order valence-corrected chi connectivity index (χ0v) is 23.3. The number of aryl methyl sites for hydroxylation is 1. The normalized spacial score (nSPS) is 20.0. The van der Waals surface area contributed by atoms with E-state index in [9.17, 15) is 4.21 Å². The topological polar surface area (TPSA) is 115 Å². The Morgan fingerprint density at radius 3 is 2.64 bits per heavy atom. The first-order valence-corrected chi connectivity index (χ1v) is 14.3. The first kappa shape index (κ1) is 25.4. The molecule has 1 spiro atoms. The van der Waals surface area contributed by atoms with E-state index in [0.29, 0.717) is 10.8 Å². The summed E-state index contributed by atoms with van der Waals surface area (Å²) in [5.41, 5.74) is 7.90. The molecule has 5 rings (SSSR count). The lowest BCUT2D eigenvalue weighted by Gasteiger charge is -2.43. The molecule has 2 aliphatic heterocycles. The highest BCUT2D eigenvalue weighted by atomic mass is 35.5. The third-order valence-electron chi connectivity index (χ3n) is 6.88. The highest BCUT2D eigenvalue weighted by Gasteiger charge is 2.50. The van der Waals surface area contributed by atoms with Crippen molar-refractivity contribution in [2.45, 2.75) is 67.8 Å². The van der Waals surface area contributed by atoms with E-state index in [1.54, 1.807) is 12.4 Å². The minimum Gasteiger partial charge on any atom is -0.382 e. The maximum atomic E-state index is 13.1. The largest absolute Gasteiger partial charge is 0.382 e. The molecule has 0 unspecified atom stereocenters. The van der Waals surface area contributed by atoms with E-state index in [0.717, 1.165) is 59.6 Å². The lowest BCUT2D eigenvalue weighted by molar-refractivity contribution is 0.161. The van der Waals surface area contributed by atoms with Crippen LogP contribution in [-0.2, 0) is 17.5 Å². The van der Waals surface area contributed by atoms with Gasteiger partial charge in [-0.2, -0.15) is 5.10 Å². The van der Waals surface area contributed by atoms with E-state index in [2.05, 4.69) is 35.3 Å². The van der Waals surface area contributed by atoms with Gasteiger partial charge >= 0.3 is 0 Å². The Hall–Kier alpha value is -2.21. The summed E-state index contributed by atoms with van der Waals surface area (Å²) in [7, 11) is -1.17. The van der Waals surface area contributed by atoms with Gasteiger partial charge in [-0.05, 0) is 52.7 Å². The van der Waals surface area contributed by atoms with Gasteiger partial charge in [0, 0.05) is 36.1 Å². The number of nitrogen functional groups attached to an aromatic ring is 1. The molecule has 0 radical (unpaired) electrons. The van der Waals surface area contributed by atoms with Crippen LogP contribution in [0, 0.1) is 12.3 Å². The van der Waals surface area contributed by atoms with Gasteiger partial charge in [-0.15, -0.1) is 0 Å². The second kappa shape index (κ2) is 9.59. The lowest BCUT2D eigenvalue weighted by Crippen LogP contribution is -2.48. The number of nitrogens with one attached hydrogen (secondary N) is 1. The summed E-state index contributed by atoms with van der Waals surface area (Å²) in [4.78, 5) is 16.3. The number of nitrogens with two attached hydrogens (primary N) is 1. The van der Waals surface area contributed by atoms with Crippen molar-refractivity contribution in [2.75, 3.05) is 23.7 Å². The Kier molecular flexibility index (Phi) is 6.78. The van der Waals surface area contributed by atoms with Crippen LogP contribution >= 0.6 is 23.4 Å². The Morgan fingerprint density at radius 1 is 1.22 bits per heavy atom. The van der Waals surface area contributed by atoms with Gasteiger partial charge in [0.05, 0.1) is 50.6 Å². The molecule has 36 heavy (non-hydrogen) atoms. The molecule has 12 heteroatoms. The predicted octanol–water partition coefficient (Wildman–Crippen LogP) is 4.16. The Morgan fingerprint density at radius 2 is 1.97 bits per heavy atom. The molecule has 192 valence electrons. The summed E-state index contributed by atoms with van der Waals surface area (Å²) in [5.74, 6) is 1.15. The number of hydrogen-bond acceptors (Lipinski definition) is 8. The maximum absolute atomic E-state index is 13.1. The van der Waals surface area contributed by atoms with Gasteiger partial charge in [0.25, 0.3) is 0 Å². The Bertz CT molecular complexity index is 1280. The van der Waals surface area contributed by atoms with Gasteiger partial charge < -0.3 is 10.6 Å². The zero-order valence-electron chi connectivity index (χ0n) is 20.9. The third-order valence-corrected chi connectivity index (χ3v) is 9.93. The van der Waals surface area contributed by atoms with Gasteiger partial charge in [0.15, 0.2) is 0 Å². The summed E-state index contributed by atoms with van der Waals surface area (Å²) in [6.45, 7) is 10.5. The molecule has 1 saturated heterocycles. The number of fused-ring (bicyclic) bond motifs is 1. The molecule has 2 atom stereocenters. The molecule has 3 aromatic heterocycles. The summed E-state index contributed by atoms with van der Waals surface area (Å²) in [6.07, 6.45) is 7.09. The number of piperidine rings is 1. The highest BCUT2D eigenvalue weighted by Crippen LogP contribution is 2.50. The first-order chi connectivity index (χ1) is 17.1. The van der Waals surface area contributed by atoms with Crippen LogP contribution in [0.4, 0.5) is 11.6 Å². The Labute approximate surface area is 223 Å². The van der Waals surface area contributed by atoms with Gasteiger partial charge in [0.1, 0.15) is 16.7 Å². The van der Waals surface area contributed by atoms with Crippen molar-refractivity contribution in [3.8, 4) is 0 Å². The number of rotatable bonds is 5. The second-order valence-electron chi connectivity index (χ2n) is 10.5. The summed E-state index contributed by atoms with van der Waals surface area (Å²) in [6, 6.07) is 3.94. The van der Waals surface area contributed by atoms with E-state index in [4.69, 9.17) is 22.4 Å². The summed E-state index contributed by atoms with van der Waals surface area (Å²) in [5, 5.41) is 5.88. The number of anilines is 2. The average molecular weight is 547 g/mol. The third kappa shape index (κ3) is 4.85. The van der Waals surface area contributed by atoms with Crippen LogP contribution in [0.1, 0.15) is 51.0 Å². The van der Waals surface area contributed by atoms with Gasteiger partial charge in [-0.1, -0.05) is 23.4 Å². The van der Waals surface area contributed by atoms with Crippen molar-refractivity contribution in [1.29, 1.82) is 0 Å². The van der Waals surface area contributed by atoms with Gasteiger partial charge in [0.2, 0.25) is 0 Å². The molecule has 9 nitrogen and oxygen atoms in total. The van der Waals surface area contributed by atoms with Crippen molar-refractivity contribution in [1.82, 2.24) is 29.5 Å². The van der Waals surface area contributed by atoms with Crippen molar-refractivity contribution >= 4 is 46.0 Å². The predicted molar refractivity (Wildman–Crippen MR) is 144 cm³/mol. The number of hydrogen-bond donors (Lipinski definition) is 2. The number of pyridine rings is 1. The number of halogens is 1. The fraction of sp³-hybridized carbons (Fsp3) is 0.500. The minimum atomic E-state index is -1.17. The van der Waals surface area contributed by atoms with Crippen LogP contribution in [0.5, 0.6) is 0 Å². The number of nitrogens with zero attached hydrogens (tertiary/aromatic N) is 6. The fourth-order valence-electron chi connectivity index (χ4n) is 4.88. The van der Waals surface area contributed by atoms with E-state index < -0.39 is 11.0 Å². The van der Waals surface area contributed by atoms with Crippen molar-refractivity contribution in [2.24, 2.45) is 5.41 Å². The molecule has 0 aromatic carbocycles. The minimum absolute atomic E-state index is 0.00307. The van der Waals surface area contributed by atoms with Crippen molar-refractivity contribution < 1.29 is 4.21 Å². The van der Waals surface area contributed by atoms with Crippen LogP contribution in [0.15, 0.2) is 40.6 Å². The monoisotopic (exact) mass is 546 g/mol. The molecule has 3 aromatic rings. The quantitative estimate of drug-likeness (QED) is 0.490. The van der Waals surface area contributed by atoms with Crippen LogP contribution < -0.4 is 15.4 Å². The summed E-state index contributed by atoms with van der Waals surface area (Å²) >= 11 is 7.67. The lowest BCUT2D eigenvalue weighted by atomic mass is 9.73. The molecule has 0 aliphatic carbocycles. The van der Waals surface area contributed by atoms with Crippen LogP contribution in [0.3, 0.4) is 0 Å². The van der Waals surface area contributed by atoms with Crippen LogP contribution in [0.2, 0.25) is 5.02 Å². The molecular weight excluding hydrogens is 516 g/mol. The SMILES string of the molecule is Cc1cc2n(n1)CC1(CCN(c3cnc(Sc4ccnc(N)c4Cl)cn3)CC1)[C@@H]2N[S@](=O)C(C)(C)C. The number of aromatic nitrogens is 5. The molecule has 5 heterocycles. The first-order valence-electron chi connectivity index (χ1n) is 11.9. The van der Waals surface area contributed by atoms with E-state index >= 15 is 0 Å². The average Bonchev–Trinajstić information content (AvgIpc) is 3.31. The van der Waals surface area contributed by atoms with Gasteiger partial charge in [-0.3, -0.25) is 4.68 Å². The summed E-state index contributed by atoms with van der Waals surface area (Å²) < 4.78 is 18.3. The maximum Gasteiger partial charge on any atom is 0.147 e. The zero-order chi connectivity index (χ0) is 25.7. The van der Waals surface area contributed by atoms with Crippen LogP contribution in [0.25, 0.3) is 0 Å².